The van der Waals surface area contributed by atoms with Gasteiger partial charge in [-0.2, -0.15) is 0 Å². The fourth-order valence-corrected chi connectivity index (χ4v) is 2.98. The molecule has 1 rings (SSSR count). The first-order chi connectivity index (χ1) is 9.25. The fraction of sp³-hybridized carbons (Fsp3) is 0.846. The average molecular weight is 354 g/mol. The van der Waals surface area contributed by atoms with Crippen LogP contribution in [0.2, 0.25) is 0 Å². The first-order valence-corrected chi connectivity index (χ1v) is 7.60. The lowest BCUT2D eigenvalue weighted by Crippen LogP contribution is -2.37. The third-order valence-corrected chi connectivity index (χ3v) is 4.19. The van der Waals surface area contributed by atoms with E-state index in [2.05, 4.69) is 34.9 Å². The van der Waals surface area contributed by atoms with Crippen LogP contribution in [0.15, 0.2) is 0 Å². The number of aliphatic hydroxyl groups is 1. The molecule has 0 aromatic heterocycles. The van der Waals surface area contributed by atoms with Gasteiger partial charge in [0.25, 0.3) is 0 Å². The standard InChI is InChI=1S/C11H22BrNO.C2H2O4/c1-13(2)8-9-6-4-3-5-7-10(12)11(9)14;3-1(4)2(5)6/h9-11,14H,3-8H2,1-2H3;(H,3,4)(H,5,6). The second-order valence-electron chi connectivity index (χ2n) is 5.28. The lowest BCUT2D eigenvalue weighted by molar-refractivity contribution is -0.159. The van der Waals surface area contributed by atoms with Gasteiger partial charge >= 0.3 is 11.9 Å². The Bertz CT molecular complexity index is 299. The highest BCUT2D eigenvalue weighted by molar-refractivity contribution is 9.09. The second kappa shape index (κ2) is 10.1. The van der Waals surface area contributed by atoms with Crippen molar-refractivity contribution in [1.29, 1.82) is 0 Å². The maximum atomic E-state index is 10.1. The zero-order valence-corrected chi connectivity index (χ0v) is 13.5. The van der Waals surface area contributed by atoms with Gasteiger partial charge in [-0.3, -0.25) is 0 Å². The lowest BCUT2D eigenvalue weighted by Gasteiger charge is -2.31. The summed E-state index contributed by atoms with van der Waals surface area (Å²) in [5.41, 5.74) is 0. The summed E-state index contributed by atoms with van der Waals surface area (Å²) in [6, 6.07) is 0. The van der Waals surface area contributed by atoms with E-state index >= 15 is 0 Å². The highest BCUT2D eigenvalue weighted by Crippen LogP contribution is 2.27. The third-order valence-electron chi connectivity index (χ3n) is 3.19. The van der Waals surface area contributed by atoms with E-state index in [-0.39, 0.29) is 6.10 Å². The van der Waals surface area contributed by atoms with Crippen LogP contribution in [0.5, 0.6) is 0 Å². The maximum absolute atomic E-state index is 10.1. The molecule has 0 aromatic carbocycles. The number of hydrogen-bond donors (Lipinski definition) is 3. The van der Waals surface area contributed by atoms with Crippen molar-refractivity contribution in [2.24, 2.45) is 5.92 Å². The van der Waals surface area contributed by atoms with Gasteiger partial charge in [-0.1, -0.05) is 35.2 Å². The van der Waals surface area contributed by atoms with Gasteiger partial charge in [0.2, 0.25) is 0 Å². The highest BCUT2D eigenvalue weighted by Gasteiger charge is 2.27. The molecule has 1 saturated carbocycles. The van der Waals surface area contributed by atoms with E-state index in [0.29, 0.717) is 10.7 Å². The Hall–Kier alpha value is -0.660. The summed E-state index contributed by atoms with van der Waals surface area (Å²) in [7, 11) is 4.16. The molecule has 0 heterocycles. The molecular weight excluding hydrogens is 330 g/mol. The van der Waals surface area contributed by atoms with Crippen LogP contribution in [-0.2, 0) is 9.59 Å². The van der Waals surface area contributed by atoms with Gasteiger partial charge in [0.05, 0.1) is 6.10 Å². The monoisotopic (exact) mass is 353 g/mol. The molecule has 0 aromatic rings. The normalized spacial score (nSPS) is 26.9. The predicted octanol–water partition coefficient (Wildman–Crippen LogP) is 1.41. The Kier molecular flexibility index (Phi) is 9.79. The molecule has 0 spiro atoms. The van der Waals surface area contributed by atoms with Crippen LogP contribution in [0.3, 0.4) is 0 Å². The van der Waals surface area contributed by atoms with Gasteiger partial charge in [0.1, 0.15) is 0 Å². The molecule has 20 heavy (non-hydrogen) atoms. The Morgan fingerprint density at radius 1 is 1.10 bits per heavy atom. The second-order valence-corrected chi connectivity index (χ2v) is 6.45. The molecule has 3 N–H and O–H groups in total. The van der Waals surface area contributed by atoms with E-state index in [1.807, 2.05) is 0 Å². The van der Waals surface area contributed by atoms with E-state index in [9.17, 15) is 5.11 Å². The number of nitrogens with zero attached hydrogens (tertiary/aromatic N) is 1. The maximum Gasteiger partial charge on any atom is 0.414 e. The number of aliphatic hydroxyl groups excluding tert-OH is 1. The van der Waals surface area contributed by atoms with Crippen LogP contribution in [0.4, 0.5) is 0 Å². The van der Waals surface area contributed by atoms with Crippen molar-refractivity contribution < 1.29 is 24.9 Å². The van der Waals surface area contributed by atoms with E-state index in [1.54, 1.807) is 0 Å². The van der Waals surface area contributed by atoms with Crippen LogP contribution in [0.25, 0.3) is 0 Å². The van der Waals surface area contributed by atoms with E-state index in [1.165, 1.54) is 25.7 Å². The number of alkyl halides is 1. The van der Waals surface area contributed by atoms with Crippen molar-refractivity contribution in [1.82, 2.24) is 4.90 Å². The highest BCUT2D eigenvalue weighted by atomic mass is 79.9. The van der Waals surface area contributed by atoms with Crippen molar-refractivity contribution in [3.8, 4) is 0 Å². The molecule has 1 aliphatic rings. The Balaban J connectivity index is 0.000000511. The molecule has 6 nitrogen and oxygen atoms in total. The Morgan fingerprint density at radius 2 is 1.60 bits per heavy atom. The number of aliphatic carboxylic acids is 2. The number of carboxylic acids is 2. The SMILES string of the molecule is CN(C)CC1CCCCCC(Br)C1O.O=C(O)C(=O)O. The van der Waals surface area contributed by atoms with Crippen molar-refractivity contribution in [3.63, 3.8) is 0 Å². The predicted molar refractivity (Wildman–Crippen MR) is 79.1 cm³/mol. The summed E-state index contributed by atoms with van der Waals surface area (Å²) in [4.78, 5) is 20.7. The van der Waals surface area contributed by atoms with Crippen LogP contribution in [-0.4, -0.2) is 63.7 Å². The molecule has 0 aliphatic heterocycles. The number of carboxylic acid groups (broad SMARTS) is 2. The summed E-state index contributed by atoms with van der Waals surface area (Å²) in [5, 5.41) is 24.9. The summed E-state index contributed by atoms with van der Waals surface area (Å²) in [5.74, 6) is -3.21. The van der Waals surface area contributed by atoms with E-state index in [4.69, 9.17) is 19.8 Å². The minimum absolute atomic E-state index is 0.169. The van der Waals surface area contributed by atoms with Crippen molar-refractivity contribution in [2.45, 2.75) is 43.0 Å². The van der Waals surface area contributed by atoms with Gasteiger partial charge in [0, 0.05) is 11.4 Å². The minimum atomic E-state index is -1.82. The summed E-state index contributed by atoms with van der Waals surface area (Å²) < 4.78 is 0. The summed E-state index contributed by atoms with van der Waals surface area (Å²) in [6.07, 6.45) is 5.96. The molecule has 3 unspecified atom stereocenters. The molecule has 1 fully saturated rings. The number of rotatable bonds is 2. The van der Waals surface area contributed by atoms with Crippen molar-refractivity contribution in [2.75, 3.05) is 20.6 Å². The van der Waals surface area contributed by atoms with E-state index < -0.39 is 11.9 Å². The molecule has 0 radical (unpaired) electrons. The number of carbonyl (C=O) groups is 2. The van der Waals surface area contributed by atoms with Crippen molar-refractivity contribution >= 4 is 27.9 Å². The molecule has 7 heteroatoms. The average Bonchev–Trinajstić information content (AvgIpc) is 2.34. The van der Waals surface area contributed by atoms with Crippen LogP contribution < -0.4 is 0 Å². The summed E-state index contributed by atoms with van der Waals surface area (Å²) in [6.45, 7) is 1.00. The molecular formula is C13H24BrNO5. The largest absolute Gasteiger partial charge is 0.473 e. The smallest absolute Gasteiger partial charge is 0.414 e. The first-order valence-electron chi connectivity index (χ1n) is 6.68. The quantitative estimate of drug-likeness (QED) is 0.512. The third kappa shape index (κ3) is 8.50. The zero-order chi connectivity index (χ0) is 15.7. The van der Waals surface area contributed by atoms with Crippen LogP contribution in [0.1, 0.15) is 32.1 Å². The molecule has 0 amide bonds. The molecule has 0 saturated heterocycles. The Labute approximate surface area is 127 Å². The van der Waals surface area contributed by atoms with Crippen LogP contribution in [0, 0.1) is 5.92 Å². The lowest BCUT2D eigenvalue weighted by atomic mass is 9.88. The molecule has 3 atom stereocenters. The van der Waals surface area contributed by atoms with Crippen molar-refractivity contribution in [3.05, 3.63) is 0 Å². The first kappa shape index (κ1) is 19.3. The van der Waals surface area contributed by atoms with E-state index in [0.717, 1.165) is 13.0 Å². The van der Waals surface area contributed by atoms with Gasteiger partial charge in [-0.25, -0.2) is 9.59 Å². The molecule has 1 aliphatic carbocycles. The summed E-state index contributed by atoms with van der Waals surface area (Å²) >= 11 is 3.60. The molecule has 118 valence electrons. The van der Waals surface area contributed by atoms with Gasteiger partial charge in [0.15, 0.2) is 0 Å². The minimum Gasteiger partial charge on any atom is -0.473 e. The molecule has 0 bridgehead atoms. The number of halogens is 1. The van der Waals surface area contributed by atoms with Gasteiger partial charge in [-0.05, 0) is 32.9 Å². The number of hydrogen-bond acceptors (Lipinski definition) is 4. The van der Waals surface area contributed by atoms with Gasteiger partial charge in [-0.15, -0.1) is 0 Å². The topological polar surface area (TPSA) is 98.1 Å². The Morgan fingerprint density at radius 3 is 2.05 bits per heavy atom. The zero-order valence-electron chi connectivity index (χ0n) is 12.0. The van der Waals surface area contributed by atoms with Crippen LogP contribution >= 0.6 is 15.9 Å². The fourth-order valence-electron chi connectivity index (χ4n) is 2.23. The van der Waals surface area contributed by atoms with Gasteiger partial charge < -0.3 is 20.2 Å².